The van der Waals surface area contributed by atoms with Crippen LogP contribution >= 0.6 is 11.6 Å². The number of benzene rings is 3. The molecule has 0 saturated carbocycles. The van der Waals surface area contributed by atoms with Gasteiger partial charge < -0.3 is 19.7 Å². The van der Waals surface area contributed by atoms with Gasteiger partial charge in [-0.2, -0.15) is 0 Å². The second-order valence-corrected chi connectivity index (χ2v) is 11.8. The first-order chi connectivity index (χ1) is 20.2. The third-order valence-corrected chi connectivity index (χ3v) is 8.78. The summed E-state index contributed by atoms with van der Waals surface area (Å²) in [5, 5.41) is 3.30. The summed E-state index contributed by atoms with van der Waals surface area (Å²) in [6.07, 6.45) is 1.60. The van der Waals surface area contributed by atoms with Crippen LogP contribution in [0, 0.1) is 0 Å². The standard InChI is InChI=1S/C31H38ClN3O6S/c1-5-19-33-31(37)27(6-2)34(20-18-23-10-8-7-9-11-23)30(36)22-35(25-14-12-24(32)13-15-25)42(38,39)26-16-17-28(40-3)29(21-26)41-4/h7-17,21,27H,5-6,18-20,22H2,1-4H3,(H,33,37)/t27-/m0/s1. The Kier molecular flexibility index (Phi) is 12.1. The highest BCUT2D eigenvalue weighted by molar-refractivity contribution is 7.92. The van der Waals surface area contributed by atoms with Crippen molar-refractivity contribution in [1.82, 2.24) is 10.2 Å². The van der Waals surface area contributed by atoms with Gasteiger partial charge in [0.2, 0.25) is 11.8 Å². The quantitative estimate of drug-likeness (QED) is 0.260. The van der Waals surface area contributed by atoms with E-state index < -0.39 is 28.5 Å². The second kappa shape index (κ2) is 15.5. The third kappa shape index (κ3) is 8.17. The number of nitrogens with one attached hydrogen (secondary N) is 1. The van der Waals surface area contributed by atoms with Crippen molar-refractivity contribution in [1.29, 1.82) is 0 Å². The topological polar surface area (TPSA) is 105 Å². The van der Waals surface area contributed by atoms with Gasteiger partial charge in [0, 0.05) is 24.2 Å². The molecule has 11 heteroatoms. The zero-order valence-electron chi connectivity index (χ0n) is 24.4. The molecule has 2 amide bonds. The fourth-order valence-corrected chi connectivity index (χ4v) is 6.06. The Labute approximate surface area is 253 Å². The van der Waals surface area contributed by atoms with Crippen molar-refractivity contribution in [3.63, 3.8) is 0 Å². The number of carbonyl (C=O) groups is 2. The summed E-state index contributed by atoms with van der Waals surface area (Å²) in [5.74, 6) is -0.199. The minimum atomic E-state index is -4.28. The van der Waals surface area contributed by atoms with Crippen LogP contribution in [-0.4, -0.2) is 65.0 Å². The van der Waals surface area contributed by atoms with Crippen molar-refractivity contribution in [2.75, 3.05) is 38.2 Å². The molecule has 0 spiro atoms. The van der Waals surface area contributed by atoms with Crippen LogP contribution in [0.15, 0.2) is 77.7 Å². The van der Waals surface area contributed by atoms with Gasteiger partial charge in [-0.05, 0) is 61.2 Å². The molecule has 0 aliphatic heterocycles. The number of hydrogen-bond acceptors (Lipinski definition) is 6. The molecule has 3 rings (SSSR count). The monoisotopic (exact) mass is 615 g/mol. The lowest BCUT2D eigenvalue weighted by Gasteiger charge is -2.33. The molecule has 226 valence electrons. The van der Waals surface area contributed by atoms with Crippen molar-refractivity contribution in [3.05, 3.63) is 83.4 Å². The highest BCUT2D eigenvalue weighted by atomic mass is 35.5. The van der Waals surface area contributed by atoms with Crippen molar-refractivity contribution in [2.45, 2.75) is 44.0 Å². The second-order valence-electron chi connectivity index (χ2n) is 9.54. The van der Waals surface area contributed by atoms with Gasteiger partial charge in [0.05, 0.1) is 24.8 Å². The van der Waals surface area contributed by atoms with Gasteiger partial charge in [-0.3, -0.25) is 13.9 Å². The van der Waals surface area contributed by atoms with Gasteiger partial charge in [-0.1, -0.05) is 55.8 Å². The van der Waals surface area contributed by atoms with E-state index in [1.54, 1.807) is 12.1 Å². The summed E-state index contributed by atoms with van der Waals surface area (Å²) in [5.41, 5.74) is 1.24. The van der Waals surface area contributed by atoms with Crippen LogP contribution in [0.2, 0.25) is 5.02 Å². The first kappa shape index (κ1) is 32.8. The van der Waals surface area contributed by atoms with Crippen LogP contribution in [-0.2, 0) is 26.0 Å². The molecule has 3 aromatic rings. The number of rotatable bonds is 15. The molecule has 0 unspecified atom stereocenters. The molecular weight excluding hydrogens is 578 g/mol. The van der Waals surface area contributed by atoms with Gasteiger partial charge in [0.1, 0.15) is 12.6 Å². The summed E-state index contributed by atoms with van der Waals surface area (Å²) in [6, 6.07) is 19.3. The van der Waals surface area contributed by atoms with Gasteiger partial charge in [-0.25, -0.2) is 8.42 Å². The van der Waals surface area contributed by atoms with Crippen molar-refractivity contribution in [2.24, 2.45) is 0 Å². The third-order valence-electron chi connectivity index (χ3n) is 6.76. The molecule has 3 aromatic carbocycles. The SMILES string of the molecule is CCCNC(=O)[C@H](CC)N(CCc1ccccc1)C(=O)CN(c1ccc(Cl)cc1)S(=O)(=O)c1ccc(OC)c(OC)c1. The lowest BCUT2D eigenvalue weighted by atomic mass is 10.1. The van der Waals surface area contributed by atoms with E-state index in [1.807, 2.05) is 44.2 Å². The highest BCUT2D eigenvalue weighted by Gasteiger charge is 2.33. The number of hydrogen-bond donors (Lipinski definition) is 1. The number of carbonyl (C=O) groups excluding carboxylic acids is 2. The Bertz CT molecular complexity index is 1430. The first-order valence-electron chi connectivity index (χ1n) is 13.8. The number of sulfonamides is 1. The predicted octanol–water partition coefficient (Wildman–Crippen LogP) is 4.93. The number of halogens is 1. The maximum atomic E-state index is 14.1. The smallest absolute Gasteiger partial charge is 0.264 e. The lowest BCUT2D eigenvalue weighted by Crippen LogP contribution is -2.53. The lowest BCUT2D eigenvalue weighted by molar-refractivity contribution is -0.139. The zero-order chi connectivity index (χ0) is 30.7. The maximum Gasteiger partial charge on any atom is 0.264 e. The van der Waals surface area contributed by atoms with E-state index in [1.165, 1.54) is 49.5 Å². The Morgan fingerprint density at radius 2 is 1.60 bits per heavy atom. The fraction of sp³-hybridized carbons (Fsp3) is 0.355. The normalized spacial score (nSPS) is 11.8. The average molecular weight is 616 g/mol. The van der Waals surface area contributed by atoms with E-state index in [2.05, 4.69) is 5.32 Å². The molecule has 0 heterocycles. The summed E-state index contributed by atoms with van der Waals surface area (Å²) in [4.78, 5) is 28.6. The van der Waals surface area contributed by atoms with Crippen LogP contribution < -0.4 is 19.1 Å². The summed E-state index contributed by atoms with van der Waals surface area (Å²) < 4.78 is 39.8. The van der Waals surface area contributed by atoms with Crippen LogP contribution in [0.25, 0.3) is 0 Å². The molecule has 0 aromatic heterocycles. The molecule has 9 nitrogen and oxygen atoms in total. The van der Waals surface area contributed by atoms with E-state index in [4.69, 9.17) is 21.1 Å². The van der Waals surface area contributed by atoms with Crippen LogP contribution in [0.5, 0.6) is 11.5 Å². The van der Waals surface area contributed by atoms with Gasteiger partial charge in [0.25, 0.3) is 10.0 Å². The summed E-state index contributed by atoms with van der Waals surface area (Å²) in [7, 11) is -1.42. The zero-order valence-corrected chi connectivity index (χ0v) is 26.0. The van der Waals surface area contributed by atoms with Crippen molar-refractivity contribution < 1.29 is 27.5 Å². The molecule has 0 fully saturated rings. The Morgan fingerprint density at radius 3 is 2.19 bits per heavy atom. The Morgan fingerprint density at radius 1 is 0.929 bits per heavy atom. The molecular formula is C31H38ClN3O6S. The van der Waals surface area contributed by atoms with E-state index >= 15 is 0 Å². The van der Waals surface area contributed by atoms with Crippen LogP contribution in [0.3, 0.4) is 0 Å². The largest absolute Gasteiger partial charge is 0.493 e. The van der Waals surface area contributed by atoms with Gasteiger partial charge in [-0.15, -0.1) is 0 Å². The van der Waals surface area contributed by atoms with Crippen molar-refractivity contribution in [3.8, 4) is 11.5 Å². The molecule has 1 atom stereocenters. The van der Waals surface area contributed by atoms with Crippen molar-refractivity contribution >= 4 is 39.1 Å². The number of amides is 2. The van der Waals surface area contributed by atoms with E-state index in [-0.39, 0.29) is 28.8 Å². The molecule has 0 radical (unpaired) electrons. The number of methoxy groups -OCH3 is 2. The average Bonchev–Trinajstić information content (AvgIpc) is 3.01. The van der Waals surface area contributed by atoms with Crippen LogP contribution in [0.4, 0.5) is 5.69 Å². The van der Waals surface area contributed by atoms with Gasteiger partial charge in [0.15, 0.2) is 11.5 Å². The molecule has 0 aliphatic carbocycles. The minimum absolute atomic E-state index is 0.0912. The van der Waals surface area contributed by atoms with E-state index in [0.717, 1.165) is 16.3 Å². The van der Waals surface area contributed by atoms with Crippen LogP contribution in [0.1, 0.15) is 32.3 Å². The Balaban J connectivity index is 2.04. The predicted molar refractivity (Wildman–Crippen MR) is 165 cm³/mol. The summed E-state index contributed by atoms with van der Waals surface area (Å²) in [6.45, 7) is 3.94. The summed E-state index contributed by atoms with van der Waals surface area (Å²) >= 11 is 6.10. The highest BCUT2D eigenvalue weighted by Crippen LogP contribution is 2.32. The number of ether oxygens (including phenoxy) is 2. The first-order valence-corrected chi connectivity index (χ1v) is 15.6. The molecule has 0 bridgehead atoms. The maximum absolute atomic E-state index is 14.1. The molecule has 0 aliphatic rings. The number of anilines is 1. The minimum Gasteiger partial charge on any atom is -0.493 e. The molecule has 42 heavy (non-hydrogen) atoms. The van der Waals surface area contributed by atoms with E-state index in [9.17, 15) is 18.0 Å². The molecule has 1 N–H and O–H groups in total. The molecule has 0 saturated heterocycles. The van der Waals surface area contributed by atoms with E-state index in [0.29, 0.717) is 30.2 Å². The fourth-order valence-electron chi connectivity index (χ4n) is 4.50. The Hall–Kier alpha value is -3.76. The van der Waals surface area contributed by atoms with Gasteiger partial charge >= 0.3 is 0 Å². The number of nitrogens with zero attached hydrogens (tertiary/aromatic N) is 2.